The minimum absolute atomic E-state index is 0.0603. The zero-order valence-electron chi connectivity index (χ0n) is 16.7. The molecule has 0 radical (unpaired) electrons. The van der Waals surface area contributed by atoms with Crippen LogP contribution in [0.5, 0.6) is 5.75 Å². The zero-order chi connectivity index (χ0) is 20.0. The quantitative estimate of drug-likeness (QED) is 0.609. The molecule has 3 heterocycles. The summed E-state index contributed by atoms with van der Waals surface area (Å²) in [6.07, 6.45) is 6.36. The average Bonchev–Trinajstić information content (AvgIpc) is 3.06. The van der Waals surface area contributed by atoms with Gasteiger partial charge in [-0.05, 0) is 38.3 Å². The molecule has 2 aromatic heterocycles. The number of hydroxylamine groups is 1. The van der Waals surface area contributed by atoms with Gasteiger partial charge in [0, 0.05) is 34.3 Å². The van der Waals surface area contributed by atoms with Crippen molar-refractivity contribution in [3.05, 3.63) is 39.5 Å². The van der Waals surface area contributed by atoms with Gasteiger partial charge >= 0.3 is 0 Å². The summed E-state index contributed by atoms with van der Waals surface area (Å²) < 4.78 is 5.56. The number of thiophene rings is 1. The number of benzene rings is 1. The Kier molecular flexibility index (Phi) is 4.49. The Bertz CT molecular complexity index is 1220. The lowest BCUT2D eigenvalue weighted by atomic mass is 9.83. The number of aryl methyl sites for hydroxylation is 1. The van der Waals surface area contributed by atoms with Crippen LogP contribution in [-0.2, 0) is 17.7 Å². The van der Waals surface area contributed by atoms with Crippen molar-refractivity contribution in [1.29, 1.82) is 0 Å². The van der Waals surface area contributed by atoms with Crippen LogP contribution in [-0.4, -0.2) is 29.2 Å². The molecule has 2 aliphatic rings. The molecule has 0 fully saturated rings. The van der Waals surface area contributed by atoms with E-state index < -0.39 is 0 Å². The molecule has 29 heavy (non-hydrogen) atoms. The molecule has 0 saturated heterocycles. The lowest BCUT2D eigenvalue weighted by Gasteiger charge is -2.33. The third-order valence-corrected chi connectivity index (χ3v) is 6.70. The van der Waals surface area contributed by atoms with Crippen LogP contribution < -0.4 is 26.1 Å². The maximum absolute atomic E-state index is 5.56. The second-order valence-corrected chi connectivity index (χ2v) is 8.76. The highest BCUT2D eigenvalue weighted by Crippen LogP contribution is 2.41. The van der Waals surface area contributed by atoms with E-state index in [0.717, 1.165) is 57.3 Å². The fourth-order valence-electron chi connectivity index (χ4n) is 3.98. The smallest absolute Gasteiger partial charge is 0.144 e. The van der Waals surface area contributed by atoms with Crippen molar-refractivity contribution in [3.8, 4) is 5.75 Å². The van der Waals surface area contributed by atoms with Crippen molar-refractivity contribution in [2.24, 2.45) is 4.99 Å². The first-order valence-corrected chi connectivity index (χ1v) is 10.6. The zero-order valence-corrected chi connectivity index (χ0v) is 17.5. The number of ether oxygens (including phenoxy) is 1. The van der Waals surface area contributed by atoms with E-state index in [1.165, 1.54) is 10.4 Å². The van der Waals surface area contributed by atoms with Gasteiger partial charge in [0.15, 0.2) is 0 Å². The fraction of sp³-hybridized carbons (Fsp3) is 0.381. The standard InChI is InChI=1S/C21H23N5O2S/c1-4-28-26-21(2)6-5-13-17(9-21)29-20-18(13)19(23-11-24-20)25-15-7-12-10-22-14(12)8-16(15)27-3/h7-8,10-11,26H,4-6,9H2,1-3H3,(H,23,24,25). The molecular weight excluding hydrogens is 386 g/mol. The molecule has 7 nitrogen and oxygen atoms in total. The number of aromatic nitrogens is 2. The molecule has 0 spiro atoms. The highest BCUT2D eigenvalue weighted by atomic mass is 32.1. The number of nitrogens with one attached hydrogen (secondary N) is 2. The van der Waals surface area contributed by atoms with Crippen LogP contribution in [0.15, 0.2) is 23.5 Å². The molecule has 150 valence electrons. The van der Waals surface area contributed by atoms with Crippen LogP contribution in [0.2, 0.25) is 0 Å². The van der Waals surface area contributed by atoms with Gasteiger partial charge in [0.05, 0.1) is 30.1 Å². The van der Waals surface area contributed by atoms with Gasteiger partial charge in [-0.15, -0.1) is 11.3 Å². The molecule has 1 aliphatic carbocycles. The van der Waals surface area contributed by atoms with Crippen molar-refractivity contribution in [3.63, 3.8) is 0 Å². The first-order chi connectivity index (χ1) is 14.1. The highest BCUT2D eigenvalue weighted by Gasteiger charge is 2.33. The normalized spacial score (nSPS) is 19.6. The summed E-state index contributed by atoms with van der Waals surface area (Å²) in [5.41, 5.74) is 5.41. The third-order valence-electron chi connectivity index (χ3n) is 5.56. The SMILES string of the molecule is CCONC1(C)CCc2c(sc3ncnc(Nc4cc5c(cc4OC)=NC=5)c23)C1. The average molecular weight is 410 g/mol. The summed E-state index contributed by atoms with van der Waals surface area (Å²) in [6, 6.07) is 4.00. The molecule has 1 unspecified atom stereocenters. The number of rotatable bonds is 6. The molecule has 8 heteroatoms. The summed E-state index contributed by atoms with van der Waals surface area (Å²) in [7, 11) is 1.67. The number of anilines is 2. The summed E-state index contributed by atoms with van der Waals surface area (Å²) in [4.78, 5) is 21.2. The summed E-state index contributed by atoms with van der Waals surface area (Å²) >= 11 is 1.75. The summed E-state index contributed by atoms with van der Waals surface area (Å²) in [5, 5.41) is 6.66. The maximum atomic E-state index is 5.56. The van der Waals surface area contributed by atoms with Crippen LogP contribution in [0.25, 0.3) is 16.4 Å². The first-order valence-electron chi connectivity index (χ1n) is 9.77. The van der Waals surface area contributed by atoms with Crippen molar-refractivity contribution >= 4 is 39.3 Å². The monoisotopic (exact) mass is 409 g/mol. The fourth-order valence-corrected chi connectivity index (χ4v) is 5.36. The minimum atomic E-state index is -0.0603. The van der Waals surface area contributed by atoms with E-state index in [1.54, 1.807) is 24.8 Å². The largest absolute Gasteiger partial charge is 0.494 e. The molecule has 0 amide bonds. The Balaban J connectivity index is 1.54. The van der Waals surface area contributed by atoms with E-state index in [-0.39, 0.29) is 5.54 Å². The Hall–Kier alpha value is -2.55. The van der Waals surface area contributed by atoms with Gasteiger partial charge in [-0.25, -0.2) is 9.97 Å². The second kappa shape index (κ2) is 7.05. The Morgan fingerprint density at radius 3 is 2.93 bits per heavy atom. The van der Waals surface area contributed by atoms with E-state index >= 15 is 0 Å². The second-order valence-electron chi connectivity index (χ2n) is 7.67. The van der Waals surface area contributed by atoms with E-state index in [1.807, 2.05) is 19.2 Å². The molecule has 1 aromatic carbocycles. The van der Waals surface area contributed by atoms with Crippen LogP contribution in [0.3, 0.4) is 0 Å². The molecule has 1 atom stereocenters. The number of fused-ring (bicyclic) bond motifs is 4. The lowest BCUT2D eigenvalue weighted by molar-refractivity contribution is -0.0153. The lowest BCUT2D eigenvalue weighted by Crippen LogP contribution is -2.46. The molecule has 5 rings (SSSR count). The predicted molar refractivity (Wildman–Crippen MR) is 114 cm³/mol. The van der Waals surface area contributed by atoms with Crippen molar-refractivity contribution in [1.82, 2.24) is 15.4 Å². The summed E-state index contributed by atoms with van der Waals surface area (Å²) in [5.74, 6) is 1.58. The van der Waals surface area contributed by atoms with Crippen molar-refractivity contribution < 1.29 is 9.57 Å². The van der Waals surface area contributed by atoms with Crippen LogP contribution in [0, 0.1) is 0 Å². The Morgan fingerprint density at radius 2 is 2.17 bits per heavy atom. The van der Waals surface area contributed by atoms with E-state index in [0.29, 0.717) is 6.61 Å². The van der Waals surface area contributed by atoms with E-state index in [9.17, 15) is 0 Å². The molecule has 0 bridgehead atoms. The predicted octanol–water partition coefficient (Wildman–Crippen LogP) is 2.60. The molecule has 3 aromatic rings. The van der Waals surface area contributed by atoms with Crippen LogP contribution in [0.1, 0.15) is 30.7 Å². The third kappa shape index (κ3) is 3.17. The van der Waals surface area contributed by atoms with Gasteiger partial charge in [-0.1, -0.05) is 0 Å². The van der Waals surface area contributed by atoms with Gasteiger partial charge in [-0.3, -0.25) is 4.99 Å². The number of methoxy groups -OCH3 is 1. The number of hydrogen-bond donors (Lipinski definition) is 2. The summed E-state index contributed by atoms with van der Waals surface area (Å²) in [6.45, 7) is 4.87. The van der Waals surface area contributed by atoms with E-state index in [4.69, 9.17) is 9.57 Å². The van der Waals surface area contributed by atoms with Crippen LogP contribution >= 0.6 is 11.3 Å². The van der Waals surface area contributed by atoms with Crippen molar-refractivity contribution in [2.45, 2.75) is 38.6 Å². The number of nitrogens with zero attached hydrogens (tertiary/aromatic N) is 3. The van der Waals surface area contributed by atoms with Gasteiger partial charge in [0.1, 0.15) is 22.7 Å². The first kappa shape index (κ1) is 18.5. The highest BCUT2D eigenvalue weighted by molar-refractivity contribution is 7.19. The topological polar surface area (TPSA) is 80.7 Å². The Labute approximate surface area is 172 Å². The maximum Gasteiger partial charge on any atom is 0.144 e. The van der Waals surface area contributed by atoms with Gasteiger partial charge in [0.25, 0.3) is 0 Å². The Morgan fingerprint density at radius 1 is 1.28 bits per heavy atom. The van der Waals surface area contributed by atoms with E-state index in [2.05, 4.69) is 38.7 Å². The van der Waals surface area contributed by atoms with Gasteiger partial charge in [-0.2, -0.15) is 5.48 Å². The molecular formula is C21H23N5O2S. The number of hydrogen-bond acceptors (Lipinski definition) is 8. The minimum Gasteiger partial charge on any atom is -0.494 e. The van der Waals surface area contributed by atoms with Gasteiger partial charge in [0.2, 0.25) is 0 Å². The molecule has 1 aliphatic heterocycles. The van der Waals surface area contributed by atoms with Gasteiger partial charge < -0.3 is 14.9 Å². The van der Waals surface area contributed by atoms with Crippen molar-refractivity contribution in [2.75, 3.05) is 19.0 Å². The van der Waals surface area contributed by atoms with Crippen LogP contribution in [0.4, 0.5) is 11.5 Å². The molecule has 0 saturated carbocycles. The molecule has 2 N–H and O–H groups in total.